The standard InChI is InChI=1S/C10H11N/c1-2-8-7-11-10-6-4-3-5-9(8)10/h3-7,9H,2H2,1H3. The van der Waals surface area contributed by atoms with Gasteiger partial charge in [0.1, 0.15) is 0 Å². The van der Waals surface area contributed by atoms with E-state index in [1.807, 2.05) is 12.3 Å². The molecular weight excluding hydrogens is 134 g/mol. The van der Waals surface area contributed by atoms with Crippen molar-refractivity contribution in [2.75, 3.05) is 0 Å². The van der Waals surface area contributed by atoms with E-state index >= 15 is 0 Å². The summed E-state index contributed by atoms with van der Waals surface area (Å²) in [5.41, 5.74) is 2.63. The summed E-state index contributed by atoms with van der Waals surface area (Å²) in [5.74, 6) is 0.491. The van der Waals surface area contributed by atoms with Crippen LogP contribution in [0.5, 0.6) is 0 Å². The van der Waals surface area contributed by atoms with Gasteiger partial charge in [0.2, 0.25) is 0 Å². The number of nitrogens with zero attached hydrogens (tertiary/aromatic N) is 1. The molecule has 0 saturated carbocycles. The van der Waals surface area contributed by atoms with Crippen LogP contribution < -0.4 is 0 Å². The molecule has 1 heteroatoms. The van der Waals surface area contributed by atoms with E-state index < -0.39 is 0 Å². The number of hydrogen-bond donors (Lipinski definition) is 0. The molecule has 11 heavy (non-hydrogen) atoms. The largest absolute Gasteiger partial charge is 0.260 e. The highest BCUT2D eigenvalue weighted by molar-refractivity contribution is 6.03. The van der Waals surface area contributed by atoms with E-state index in [9.17, 15) is 0 Å². The van der Waals surface area contributed by atoms with Gasteiger partial charge in [-0.15, -0.1) is 0 Å². The first-order valence-electron chi connectivity index (χ1n) is 4.03. The summed E-state index contributed by atoms with van der Waals surface area (Å²) in [6.45, 7) is 2.18. The molecule has 0 amide bonds. The van der Waals surface area contributed by atoms with Gasteiger partial charge < -0.3 is 0 Å². The van der Waals surface area contributed by atoms with E-state index in [0.29, 0.717) is 5.92 Å². The second kappa shape index (κ2) is 2.50. The maximum atomic E-state index is 4.33. The highest BCUT2D eigenvalue weighted by Gasteiger charge is 2.19. The van der Waals surface area contributed by atoms with Crippen LogP contribution in [0, 0.1) is 5.92 Å². The molecular formula is C10H11N. The molecule has 0 radical (unpaired) electrons. The van der Waals surface area contributed by atoms with E-state index in [0.717, 1.165) is 6.42 Å². The van der Waals surface area contributed by atoms with Gasteiger partial charge in [0.15, 0.2) is 0 Å². The smallest absolute Gasteiger partial charge is 0.0513 e. The minimum atomic E-state index is 0.491. The lowest BCUT2D eigenvalue weighted by molar-refractivity contribution is 0.944. The van der Waals surface area contributed by atoms with Gasteiger partial charge in [0.25, 0.3) is 0 Å². The van der Waals surface area contributed by atoms with Crippen LogP contribution in [0.1, 0.15) is 13.3 Å². The fraction of sp³-hybridized carbons (Fsp3) is 0.300. The van der Waals surface area contributed by atoms with Gasteiger partial charge in [0, 0.05) is 12.1 Å². The molecule has 56 valence electrons. The van der Waals surface area contributed by atoms with Crippen molar-refractivity contribution in [1.82, 2.24) is 0 Å². The van der Waals surface area contributed by atoms with Crippen molar-refractivity contribution in [3.8, 4) is 0 Å². The molecule has 0 N–H and O–H groups in total. The van der Waals surface area contributed by atoms with E-state index in [1.54, 1.807) is 0 Å². The van der Waals surface area contributed by atoms with E-state index in [1.165, 1.54) is 11.3 Å². The minimum absolute atomic E-state index is 0.491. The zero-order valence-corrected chi connectivity index (χ0v) is 6.62. The first-order chi connectivity index (χ1) is 5.42. The molecule has 1 aliphatic heterocycles. The molecule has 1 unspecified atom stereocenters. The van der Waals surface area contributed by atoms with Gasteiger partial charge in [-0.25, -0.2) is 0 Å². The Bertz CT molecular complexity index is 279. The summed E-state index contributed by atoms with van der Waals surface area (Å²) in [5, 5.41) is 0. The number of hydrogen-bond acceptors (Lipinski definition) is 1. The molecule has 1 aliphatic carbocycles. The molecule has 0 fully saturated rings. The van der Waals surface area contributed by atoms with Crippen LogP contribution in [0.3, 0.4) is 0 Å². The van der Waals surface area contributed by atoms with Crippen molar-refractivity contribution in [1.29, 1.82) is 0 Å². The lowest BCUT2D eigenvalue weighted by Crippen LogP contribution is -2.09. The Balaban J connectivity index is 2.29. The molecule has 0 saturated heterocycles. The summed E-state index contributed by atoms with van der Waals surface area (Å²) < 4.78 is 0. The molecule has 2 aliphatic rings. The van der Waals surface area contributed by atoms with Gasteiger partial charge in [0.05, 0.1) is 5.71 Å². The highest BCUT2D eigenvalue weighted by Crippen LogP contribution is 2.26. The summed E-state index contributed by atoms with van der Waals surface area (Å²) in [6.07, 6.45) is 11.5. The Labute approximate surface area is 66.8 Å². The second-order valence-corrected chi connectivity index (χ2v) is 2.83. The van der Waals surface area contributed by atoms with Gasteiger partial charge in [-0.3, -0.25) is 4.99 Å². The van der Waals surface area contributed by atoms with Crippen LogP contribution in [0.2, 0.25) is 0 Å². The summed E-state index contributed by atoms with van der Waals surface area (Å²) in [6, 6.07) is 0. The van der Waals surface area contributed by atoms with E-state index in [4.69, 9.17) is 0 Å². The molecule has 0 bridgehead atoms. The third-order valence-corrected chi connectivity index (χ3v) is 2.19. The number of rotatable bonds is 1. The first kappa shape index (κ1) is 6.59. The van der Waals surface area contributed by atoms with E-state index in [2.05, 4.69) is 30.1 Å². The first-order valence-corrected chi connectivity index (χ1v) is 4.03. The molecule has 1 atom stereocenters. The van der Waals surface area contributed by atoms with Gasteiger partial charge in [-0.2, -0.15) is 0 Å². The summed E-state index contributed by atoms with van der Waals surface area (Å²) >= 11 is 0. The van der Waals surface area contributed by atoms with E-state index in [-0.39, 0.29) is 0 Å². The fourth-order valence-electron chi connectivity index (χ4n) is 1.52. The Morgan fingerprint density at radius 2 is 2.36 bits per heavy atom. The number of aliphatic imine (C=N–C) groups is 1. The summed E-state index contributed by atoms with van der Waals surface area (Å²) in [4.78, 5) is 4.33. The lowest BCUT2D eigenvalue weighted by atomic mass is 9.92. The lowest BCUT2D eigenvalue weighted by Gasteiger charge is -2.11. The molecule has 0 aromatic carbocycles. The number of allylic oxidation sites excluding steroid dienone is 5. The maximum Gasteiger partial charge on any atom is 0.0513 e. The Morgan fingerprint density at radius 3 is 3.18 bits per heavy atom. The molecule has 2 rings (SSSR count). The van der Waals surface area contributed by atoms with Crippen molar-refractivity contribution >= 4 is 5.71 Å². The zero-order valence-electron chi connectivity index (χ0n) is 6.62. The molecule has 0 spiro atoms. The SMILES string of the molecule is CCC1=CN=C2C=CC=CC12. The van der Waals surface area contributed by atoms with Crippen LogP contribution in [0.25, 0.3) is 0 Å². The molecule has 1 nitrogen and oxygen atoms in total. The molecule has 0 aromatic heterocycles. The molecule has 0 aromatic rings. The van der Waals surface area contributed by atoms with Crippen molar-refractivity contribution in [3.05, 3.63) is 36.1 Å². The van der Waals surface area contributed by atoms with Crippen molar-refractivity contribution in [2.45, 2.75) is 13.3 Å². The van der Waals surface area contributed by atoms with Crippen LogP contribution >= 0.6 is 0 Å². The van der Waals surface area contributed by atoms with Crippen LogP contribution in [-0.4, -0.2) is 5.71 Å². The van der Waals surface area contributed by atoms with Crippen molar-refractivity contribution in [2.24, 2.45) is 10.9 Å². The predicted molar refractivity (Wildman–Crippen MR) is 47.6 cm³/mol. The fourth-order valence-corrected chi connectivity index (χ4v) is 1.52. The predicted octanol–water partition coefficient (Wildman–Crippen LogP) is 2.48. The van der Waals surface area contributed by atoms with Gasteiger partial charge >= 0.3 is 0 Å². The summed E-state index contributed by atoms with van der Waals surface area (Å²) in [7, 11) is 0. The van der Waals surface area contributed by atoms with Crippen LogP contribution in [0.15, 0.2) is 41.1 Å². The third kappa shape index (κ3) is 0.967. The highest BCUT2D eigenvalue weighted by atomic mass is 14.7. The Morgan fingerprint density at radius 1 is 1.45 bits per heavy atom. The molecule has 1 heterocycles. The average molecular weight is 145 g/mol. The number of fused-ring (bicyclic) bond motifs is 1. The third-order valence-electron chi connectivity index (χ3n) is 2.19. The Kier molecular flexibility index (Phi) is 1.50. The maximum absolute atomic E-state index is 4.33. The topological polar surface area (TPSA) is 12.4 Å². The van der Waals surface area contributed by atoms with Gasteiger partial charge in [-0.1, -0.05) is 25.2 Å². The second-order valence-electron chi connectivity index (χ2n) is 2.83. The minimum Gasteiger partial charge on any atom is -0.260 e. The monoisotopic (exact) mass is 145 g/mol. The van der Waals surface area contributed by atoms with Crippen LogP contribution in [-0.2, 0) is 0 Å². The van der Waals surface area contributed by atoms with Crippen molar-refractivity contribution < 1.29 is 0 Å². The normalized spacial score (nSPS) is 26.5. The quantitative estimate of drug-likeness (QED) is 0.537. The van der Waals surface area contributed by atoms with Crippen LogP contribution in [0.4, 0.5) is 0 Å². The van der Waals surface area contributed by atoms with Gasteiger partial charge in [-0.05, 0) is 18.1 Å². The Hall–Kier alpha value is -1.11. The average Bonchev–Trinajstić information content (AvgIpc) is 2.47. The zero-order chi connectivity index (χ0) is 7.68. The van der Waals surface area contributed by atoms with Crippen molar-refractivity contribution in [3.63, 3.8) is 0 Å².